The van der Waals surface area contributed by atoms with Gasteiger partial charge in [0.1, 0.15) is 12.8 Å². The number of likely N-dealkylation sites (tertiary alicyclic amines) is 1. The molecule has 25 heavy (non-hydrogen) atoms. The van der Waals surface area contributed by atoms with Crippen LogP contribution in [-0.2, 0) is 11.3 Å². The number of aliphatic hydroxyl groups is 1. The first kappa shape index (κ1) is 18.4. The van der Waals surface area contributed by atoms with Crippen molar-refractivity contribution in [2.75, 3.05) is 59.7 Å². The molecule has 6 nitrogen and oxygen atoms in total. The lowest BCUT2D eigenvalue weighted by Crippen LogP contribution is -2.38. The van der Waals surface area contributed by atoms with E-state index in [9.17, 15) is 9.50 Å². The molecule has 2 fully saturated rings. The van der Waals surface area contributed by atoms with Gasteiger partial charge < -0.3 is 19.3 Å². The Bertz CT molecular complexity index is 544. The number of rotatable bonds is 7. The fourth-order valence-corrected chi connectivity index (χ4v) is 3.30. The molecular weight excluding hydrogens is 327 g/mol. The molecule has 2 heterocycles. The lowest BCUT2D eigenvalue weighted by molar-refractivity contribution is 0.0320. The third-order valence-corrected chi connectivity index (χ3v) is 4.73. The van der Waals surface area contributed by atoms with E-state index in [-0.39, 0.29) is 6.54 Å². The van der Waals surface area contributed by atoms with E-state index in [2.05, 4.69) is 4.90 Å². The largest absolute Gasteiger partial charge is 0.493 e. The minimum absolute atomic E-state index is 0.242. The van der Waals surface area contributed by atoms with Crippen molar-refractivity contribution in [1.29, 1.82) is 0 Å². The zero-order chi connectivity index (χ0) is 17.6. The maximum atomic E-state index is 13.6. The summed E-state index contributed by atoms with van der Waals surface area (Å²) in [5, 5.41) is 9.61. The minimum atomic E-state index is -1.18. The maximum Gasteiger partial charge on any atom is 0.165 e. The van der Waals surface area contributed by atoms with Crippen LogP contribution >= 0.6 is 0 Å². The number of halogens is 1. The Kier molecular flexibility index (Phi) is 6.47. The third-order valence-electron chi connectivity index (χ3n) is 4.73. The lowest BCUT2D eigenvalue weighted by Gasteiger charge is -2.27. The summed E-state index contributed by atoms with van der Waals surface area (Å²) >= 11 is 0. The smallest absolute Gasteiger partial charge is 0.165 e. The van der Waals surface area contributed by atoms with Crippen molar-refractivity contribution in [2.45, 2.75) is 18.8 Å². The van der Waals surface area contributed by atoms with Crippen LogP contribution in [0.2, 0.25) is 0 Å². The Hall–Kier alpha value is -1.41. The summed E-state index contributed by atoms with van der Waals surface area (Å²) in [7, 11) is 1.62. The summed E-state index contributed by atoms with van der Waals surface area (Å²) in [4.78, 5) is 4.21. The quantitative estimate of drug-likeness (QED) is 0.786. The van der Waals surface area contributed by atoms with Gasteiger partial charge in [-0.3, -0.25) is 9.80 Å². The second kappa shape index (κ2) is 8.80. The SMILES string of the molecule is COc1cccc(CN2C[C@@H](O)[C@H](F)C2)c1OCCN1CCOCC1. The number of alkyl halides is 1. The van der Waals surface area contributed by atoms with Crippen LogP contribution in [0.25, 0.3) is 0 Å². The number of para-hydroxylation sites is 1. The van der Waals surface area contributed by atoms with Crippen molar-refractivity contribution < 1.29 is 23.7 Å². The predicted octanol–water partition coefficient (Wildman–Crippen LogP) is 0.921. The van der Waals surface area contributed by atoms with Gasteiger partial charge in [-0.2, -0.15) is 0 Å². The number of aliphatic hydroxyl groups excluding tert-OH is 1. The van der Waals surface area contributed by atoms with Gasteiger partial charge in [0.25, 0.3) is 0 Å². The van der Waals surface area contributed by atoms with Gasteiger partial charge in [-0.15, -0.1) is 0 Å². The van der Waals surface area contributed by atoms with Crippen LogP contribution in [0.4, 0.5) is 4.39 Å². The zero-order valence-corrected chi connectivity index (χ0v) is 14.7. The van der Waals surface area contributed by atoms with Crippen molar-refractivity contribution in [3.05, 3.63) is 23.8 Å². The van der Waals surface area contributed by atoms with E-state index in [1.807, 2.05) is 23.1 Å². The molecule has 0 saturated carbocycles. The number of nitrogens with zero attached hydrogens (tertiary/aromatic N) is 2. The predicted molar refractivity (Wildman–Crippen MR) is 91.9 cm³/mol. The number of methoxy groups -OCH3 is 1. The molecule has 140 valence electrons. The minimum Gasteiger partial charge on any atom is -0.493 e. The van der Waals surface area contributed by atoms with Crippen molar-refractivity contribution in [1.82, 2.24) is 9.80 Å². The molecule has 1 aromatic rings. The van der Waals surface area contributed by atoms with Gasteiger partial charge in [0, 0.05) is 44.8 Å². The summed E-state index contributed by atoms with van der Waals surface area (Å²) in [6.45, 7) is 5.87. The van der Waals surface area contributed by atoms with E-state index in [4.69, 9.17) is 14.2 Å². The molecule has 0 unspecified atom stereocenters. The normalized spacial score (nSPS) is 25.2. The van der Waals surface area contributed by atoms with E-state index in [1.54, 1.807) is 7.11 Å². The average Bonchev–Trinajstić information content (AvgIpc) is 2.94. The van der Waals surface area contributed by atoms with Gasteiger partial charge in [-0.25, -0.2) is 4.39 Å². The molecule has 2 aliphatic rings. The Morgan fingerprint density at radius 2 is 2.04 bits per heavy atom. The molecule has 0 amide bonds. The van der Waals surface area contributed by atoms with E-state index >= 15 is 0 Å². The number of morpholine rings is 1. The number of hydrogen-bond acceptors (Lipinski definition) is 6. The first-order valence-corrected chi connectivity index (χ1v) is 8.80. The maximum absolute atomic E-state index is 13.6. The highest BCUT2D eigenvalue weighted by Gasteiger charge is 2.31. The van der Waals surface area contributed by atoms with E-state index in [0.29, 0.717) is 31.2 Å². The van der Waals surface area contributed by atoms with E-state index in [0.717, 1.165) is 38.4 Å². The molecule has 0 aliphatic carbocycles. The van der Waals surface area contributed by atoms with Gasteiger partial charge in [-0.1, -0.05) is 12.1 Å². The van der Waals surface area contributed by atoms with Crippen LogP contribution in [-0.4, -0.2) is 86.8 Å². The highest BCUT2D eigenvalue weighted by atomic mass is 19.1. The molecule has 2 aliphatic heterocycles. The molecule has 1 aromatic carbocycles. The van der Waals surface area contributed by atoms with Gasteiger partial charge in [0.2, 0.25) is 0 Å². The highest BCUT2D eigenvalue weighted by molar-refractivity contribution is 5.46. The molecule has 1 N–H and O–H groups in total. The Morgan fingerprint density at radius 3 is 2.72 bits per heavy atom. The molecule has 2 saturated heterocycles. The van der Waals surface area contributed by atoms with Crippen molar-refractivity contribution in [2.24, 2.45) is 0 Å². The van der Waals surface area contributed by atoms with E-state index < -0.39 is 12.3 Å². The molecule has 3 rings (SSSR count). The van der Waals surface area contributed by atoms with E-state index in [1.165, 1.54) is 0 Å². The average molecular weight is 354 g/mol. The summed E-state index contributed by atoms with van der Waals surface area (Å²) in [5.74, 6) is 1.38. The van der Waals surface area contributed by atoms with Crippen LogP contribution in [0, 0.1) is 0 Å². The second-order valence-corrected chi connectivity index (χ2v) is 6.53. The number of benzene rings is 1. The Morgan fingerprint density at radius 1 is 1.24 bits per heavy atom. The van der Waals surface area contributed by atoms with Crippen molar-refractivity contribution >= 4 is 0 Å². The second-order valence-electron chi connectivity index (χ2n) is 6.53. The van der Waals surface area contributed by atoms with Gasteiger partial charge in [0.05, 0.1) is 26.4 Å². The molecule has 7 heteroatoms. The van der Waals surface area contributed by atoms with Crippen molar-refractivity contribution in [3.63, 3.8) is 0 Å². The van der Waals surface area contributed by atoms with Gasteiger partial charge in [-0.05, 0) is 6.07 Å². The summed E-state index contributed by atoms with van der Waals surface area (Å²) in [5.41, 5.74) is 0.947. The molecular formula is C18H27FN2O4. The van der Waals surface area contributed by atoms with Crippen LogP contribution in [0.1, 0.15) is 5.56 Å². The number of ether oxygens (including phenoxy) is 3. The highest BCUT2D eigenvalue weighted by Crippen LogP contribution is 2.32. The Balaban J connectivity index is 1.62. The van der Waals surface area contributed by atoms with Crippen LogP contribution in [0.15, 0.2) is 18.2 Å². The lowest BCUT2D eigenvalue weighted by atomic mass is 10.1. The molecule has 0 spiro atoms. The molecule has 0 radical (unpaired) electrons. The molecule has 0 aromatic heterocycles. The number of hydrogen-bond donors (Lipinski definition) is 1. The zero-order valence-electron chi connectivity index (χ0n) is 14.7. The molecule has 2 atom stereocenters. The summed E-state index contributed by atoms with van der Waals surface area (Å²) < 4.78 is 30.4. The summed E-state index contributed by atoms with van der Waals surface area (Å²) in [6.07, 6.45) is -2.09. The fraction of sp³-hybridized carbons (Fsp3) is 0.667. The first-order chi connectivity index (χ1) is 12.2. The Labute approximate surface area is 148 Å². The monoisotopic (exact) mass is 354 g/mol. The van der Waals surface area contributed by atoms with Crippen LogP contribution < -0.4 is 9.47 Å². The van der Waals surface area contributed by atoms with Gasteiger partial charge in [0.15, 0.2) is 11.5 Å². The fourth-order valence-electron chi connectivity index (χ4n) is 3.30. The van der Waals surface area contributed by atoms with Crippen molar-refractivity contribution in [3.8, 4) is 11.5 Å². The molecule has 0 bridgehead atoms. The van der Waals surface area contributed by atoms with Crippen LogP contribution in [0.5, 0.6) is 11.5 Å². The van der Waals surface area contributed by atoms with Gasteiger partial charge >= 0.3 is 0 Å². The third kappa shape index (κ3) is 4.82. The topological polar surface area (TPSA) is 54.4 Å². The number of β-amino-alcohol motifs (C(OH)–C–C–N with tert-alkyl or cyclic N) is 1. The first-order valence-electron chi connectivity index (χ1n) is 8.80. The standard InChI is InChI=1S/C18H27FN2O4/c1-23-17-4-2-3-14(11-21-12-15(19)16(22)13-21)18(17)25-10-7-20-5-8-24-9-6-20/h2-4,15-16,22H,5-13H2,1H3/t15-,16-/m1/s1. The summed E-state index contributed by atoms with van der Waals surface area (Å²) in [6, 6.07) is 5.73. The van der Waals surface area contributed by atoms with Crippen LogP contribution in [0.3, 0.4) is 0 Å².